The molecule has 258 valence electrons. The van der Waals surface area contributed by atoms with E-state index in [1.165, 1.54) is 39.0 Å². The second-order valence-corrected chi connectivity index (χ2v) is 15.1. The predicted molar refractivity (Wildman–Crippen MR) is 225 cm³/mol. The quantitative estimate of drug-likeness (QED) is 0.165. The van der Waals surface area contributed by atoms with Gasteiger partial charge in [-0.1, -0.05) is 136 Å². The minimum Gasteiger partial charge on any atom is -0.333 e. The number of para-hydroxylation sites is 3. The number of anilines is 7. The molecule has 3 heteroatoms. The van der Waals surface area contributed by atoms with Crippen molar-refractivity contribution >= 4 is 50.6 Å². The lowest BCUT2D eigenvalue weighted by Crippen LogP contribution is -2.30. The van der Waals surface area contributed by atoms with Gasteiger partial charge in [-0.2, -0.15) is 0 Å². The Hall–Kier alpha value is -6.32. The van der Waals surface area contributed by atoms with Gasteiger partial charge >= 0.3 is 0 Å². The molecule has 0 spiro atoms. The molecule has 2 atom stereocenters. The molecule has 0 saturated carbocycles. The second kappa shape index (κ2) is 13.3. The van der Waals surface area contributed by atoms with Crippen molar-refractivity contribution in [1.82, 2.24) is 0 Å². The number of rotatable bonds is 7. The van der Waals surface area contributed by atoms with Crippen molar-refractivity contribution in [3.8, 4) is 0 Å². The number of benzene rings is 7. The van der Waals surface area contributed by atoms with Crippen LogP contribution in [0.25, 0.3) is 10.8 Å². The van der Waals surface area contributed by atoms with Gasteiger partial charge in [-0.3, -0.25) is 0 Å². The molecule has 0 radical (unpaired) electrons. The lowest BCUT2D eigenvalue weighted by Gasteiger charge is -2.33. The first-order valence-electron chi connectivity index (χ1n) is 18.6. The molecule has 1 heterocycles. The first-order chi connectivity index (χ1) is 25.9. The summed E-state index contributed by atoms with van der Waals surface area (Å²) in [6.07, 6.45) is 7.22. The third-order valence-corrected chi connectivity index (χ3v) is 10.7. The summed E-state index contributed by atoms with van der Waals surface area (Å²) in [6.45, 7) is 6.91. The van der Waals surface area contributed by atoms with Crippen LogP contribution in [0, 0.1) is 0 Å². The van der Waals surface area contributed by atoms with E-state index in [0.717, 1.165) is 28.4 Å². The molecule has 9 rings (SSSR count). The summed E-state index contributed by atoms with van der Waals surface area (Å²) in [7, 11) is 0. The highest BCUT2D eigenvalue weighted by Gasteiger charge is 2.39. The average Bonchev–Trinajstić information content (AvgIpc) is 3.53. The SMILES string of the molecule is CC(C)(C)c1ccc2c(c1)C1C=C(N(c3ccccc3)c3ccc(N(c4ccccc4)c4cccc5ccccc45)cc3)C=CC1N2c1ccccc1. The smallest absolute Gasteiger partial charge is 0.0631 e. The molecule has 0 saturated heterocycles. The van der Waals surface area contributed by atoms with Gasteiger partial charge in [-0.15, -0.1) is 0 Å². The summed E-state index contributed by atoms with van der Waals surface area (Å²) in [6, 6.07) is 63.8. The molecule has 0 bridgehead atoms. The molecule has 0 aromatic heterocycles. The second-order valence-electron chi connectivity index (χ2n) is 15.1. The monoisotopic (exact) mass is 685 g/mol. The zero-order chi connectivity index (χ0) is 35.9. The maximum Gasteiger partial charge on any atom is 0.0631 e. The fourth-order valence-corrected chi connectivity index (χ4v) is 8.07. The molecule has 1 aliphatic heterocycles. The van der Waals surface area contributed by atoms with Gasteiger partial charge in [0.25, 0.3) is 0 Å². The molecule has 0 N–H and O–H groups in total. The number of fused-ring (bicyclic) bond motifs is 4. The summed E-state index contributed by atoms with van der Waals surface area (Å²) in [4.78, 5) is 7.28. The van der Waals surface area contributed by atoms with Crippen molar-refractivity contribution in [2.45, 2.75) is 38.1 Å². The van der Waals surface area contributed by atoms with Crippen LogP contribution in [0.4, 0.5) is 39.8 Å². The molecule has 2 aliphatic rings. The van der Waals surface area contributed by atoms with E-state index in [0.29, 0.717) is 0 Å². The number of hydrogen-bond donors (Lipinski definition) is 0. The number of allylic oxidation sites excluding steroid dienone is 1. The van der Waals surface area contributed by atoms with Crippen LogP contribution in [0.5, 0.6) is 0 Å². The molecular formula is C50H43N3. The van der Waals surface area contributed by atoms with E-state index in [1.54, 1.807) is 0 Å². The van der Waals surface area contributed by atoms with Crippen LogP contribution in [0.2, 0.25) is 0 Å². The van der Waals surface area contributed by atoms with Gasteiger partial charge in [0.05, 0.1) is 11.7 Å². The Labute approximate surface area is 313 Å². The molecule has 53 heavy (non-hydrogen) atoms. The lowest BCUT2D eigenvalue weighted by molar-refractivity contribution is 0.589. The molecule has 7 aromatic carbocycles. The maximum atomic E-state index is 2.52. The molecular weight excluding hydrogens is 643 g/mol. The predicted octanol–water partition coefficient (Wildman–Crippen LogP) is 13.5. The first-order valence-corrected chi connectivity index (χ1v) is 18.6. The van der Waals surface area contributed by atoms with E-state index >= 15 is 0 Å². The van der Waals surface area contributed by atoms with Crippen LogP contribution in [0.15, 0.2) is 200 Å². The molecule has 0 amide bonds. The van der Waals surface area contributed by atoms with Crippen LogP contribution in [0.3, 0.4) is 0 Å². The van der Waals surface area contributed by atoms with Gasteiger partial charge in [0, 0.05) is 51.1 Å². The Morgan fingerprint density at radius 3 is 1.77 bits per heavy atom. The number of nitrogens with zero attached hydrogens (tertiary/aromatic N) is 3. The summed E-state index contributed by atoms with van der Waals surface area (Å²) in [5.41, 5.74) is 12.1. The van der Waals surface area contributed by atoms with Gasteiger partial charge in [0.15, 0.2) is 0 Å². The van der Waals surface area contributed by atoms with Crippen molar-refractivity contribution < 1.29 is 0 Å². The van der Waals surface area contributed by atoms with E-state index in [9.17, 15) is 0 Å². The van der Waals surface area contributed by atoms with E-state index in [-0.39, 0.29) is 17.4 Å². The Morgan fingerprint density at radius 2 is 1.09 bits per heavy atom. The van der Waals surface area contributed by atoms with Crippen molar-refractivity contribution in [1.29, 1.82) is 0 Å². The lowest BCUT2D eigenvalue weighted by atomic mass is 9.83. The summed E-state index contributed by atoms with van der Waals surface area (Å²) < 4.78 is 0. The van der Waals surface area contributed by atoms with Gasteiger partial charge in [0.2, 0.25) is 0 Å². The average molecular weight is 686 g/mol. The van der Waals surface area contributed by atoms with Gasteiger partial charge < -0.3 is 14.7 Å². The molecule has 0 fully saturated rings. The van der Waals surface area contributed by atoms with Crippen molar-refractivity contribution in [2.24, 2.45) is 0 Å². The summed E-state index contributed by atoms with van der Waals surface area (Å²) in [5.74, 6) is 0.193. The van der Waals surface area contributed by atoms with E-state index < -0.39 is 0 Å². The van der Waals surface area contributed by atoms with E-state index in [4.69, 9.17) is 0 Å². The zero-order valence-electron chi connectivity index (χ0n) is 30.5. The van der Waals surface area contributed by atoms with E-state index in [2.05, 4.69) is 230 Å². The van der Waals surface area contributed by atoms with Gasteiger partial charge in [-0.25, -0.2) is 0 Å². The Morgan fingerprint density at radius 1 is 0.528 bits per heavy atom. The molecule has 7 aromatic rings. The third kappa shape index (κ3) is 5.98. The Kier molecular flexibility index (Phi) is 8.20. The van der Waals surface area contributed by atoms with Crippen molar-refractivity contribution in [2.75, 3.05) is 14.7 Å². The maximum absolute atomic E-state index is 2.52. The molecule has 1 aliphatic carbocycles. The third-order valence-electron chi connectivity index (χ3n) is 10.7. The topological polar surface area (TPSA) is 9.72 Å². The van der Waals surface area contributed by atoms with Crippen molar-refractivity contribution in [3.05, 3.63) is 211 Å². The van der Waals surface area contributed by atoms with E-state index in [1.807, 2.05) is 0 Å². The summed E-state index contributed by atoms with van der Waals surface area (Å²) >= 11 is 0. The number of hydrogen-bond acceptors (Lipinski definition) is 3. The van der Waals surface area contributed by atoms with Crippen LogP contribution >= 0.6 is 0 Å². The van der Waals surface area contributed by atoms with Gasteiger partial charge in [-0.05, 0) is 101 Å². The first kappa shape index (κ1) is 32.6. The zero-order valence-corrected chi connectivity index (χ0v) is 30.5. The van der Waals surface area contributed by atoms with Gasteiger partial charge in [0.1, 0.15) is 0 Å². The van der Waals surface area contributed by atoms with Crippen LogP contribution in [0.1, 0.15) is 37.8 Å². The minimum absolute atomic E-state index is 0.0548. The van der Waals surface area contributed by atoms with Crippen LogP contribution < -0.4 is 14.7 Å². The largest absolute Gasteiger partial charge is 0.333 e. The van der Waals surface area contributed by atoms with Crippen LogP contribution in [-0.4, -0.2) is 6.04 Å². The highest BCUT2D eigenvalue weighted by Crippen LogP contribution is 2.50. The summed E-state index contributed by atoms with van der Waals surface area (Å²) in [5, 5.41) is 2.44. The highest BCUT2D eigenvalue weighted by molar-refractivity contribution is 5.99. The minimum atomic E-state index is 0.0548. The fourth-order valence-electron chi connectivity index (χ4n) is 8.07. The normalized spacial score (nSPS) is 16.2. The highest BCUT2D eigenvalue weighted by atomic mass is 15.2. The van der Waals surface area contributed by atoms with Crippen LogP contribution in [-0.2, 0) is 5.41 Å². The van der Waals surface area contributed by atoms with Crippen molar-refractivity contribution in [3.63, 3.8) is 0 Å². The standard InChI is InChI=1S/C50H43N3/c1-50(2,3)37-26-32-48-45(34-37)46-35-43(31-33-49(46)53(48)40-22-11-6-12-23-40)51(38-18-7-4-8-19-38)41-27-29-42(30-28-41)52(39-20-9-5-10-21-39)47-25-15-17-36-16-13-14-24-44(36)47/h4-35,46,49H,1-3H3. The molecule has 3 nitrogen and oxygen atoms in total. The Bertz CT molecular complexity index is 2440. The Balaban J connectivity index is 1.15. The fraction of sp³-hybridized carbons (Fsp3) is 0.120. The molecule has 2 unspecified atom stereocenters.